The smallest absolute Gasteiger partial charge is 0.0473 e. The van der Waals surface area contributed by atoms with Crippen LogP contribution in [0.2, 0.25) is 5.02 Å². The minimum atomic E-state index is 0.847. The lowest BCUT2D eigenvalue weighted by Crippen LogP contribution is -1.84. The number of hydrogen-bond donors (Lipinski definition) is 0. The first-order valence-electron chi connectivity index (χ1n) is 3.27. The summed E-state index contributed by atoms with van der Waals surface area (Å²) in [6.07, 6.45) is 0. The molecule has 0 bridgehead atoms. The molecule has 0 aromatic heterocycles. The third kappa shape index (κ3) is 1.17. The summed E-state index contributed by atoms with van der Waals surface area (Å²) in [6.45, 7) is 6.03. The van der Waals surface area contributed by atoms with Crippen LogP contribution in [0, 0.1) is 26.8 Å². The van der Waals surface area contributed by atoms with Gasteiger partial charge in [0.05, 0.1) is 0 Å². The second-order valence-electron chi connectivity index (χ2n) is 2.54. The predicted octanol–water partition coefficient (Wildman–Crippen LogP) is 3.07. The first kappa shape index (κ1) is 7.62. The Morgan fingerprint density at radius 1 is 1.30 bits per heavy atom. The van der Waals surface area contributed by atoms with E-state index in [9.17, 15) is 0 Å². The highest BCUT2D eigenvalue weighted by molar-refractivity contribution is 6.32. The molecule has 0 nitrogen and oxygen atoms in total. The second kappa shape index (κ2) is 2.63. The maximum Gasteiger partial charge on any atom is 0.0473 e. The van der Waals surface area contributed by atoms with Gasteiger partial charge in [0.15, 0.2) is 0 Å². The molecular weight excluding hydrogens is 144 g/mol. The van der Waals surface area contributed by atoms with Crippen molar-refractivity contribution >= 4 is 11.6 Å². The Hall–Kier alpha value is -0.490. The Morgan fingerprint density at radius 2 is 1.90 bits per heavy atom. The molecule has 0 fully saturated rings. The molecule has 0 saturated carbocycles. The molecule has 0 amide bonds. The molecule has 0 N–H and O–H groups in total. The summed E-state index contributed by atoms with van der Waals surface area (Å²) in [5.74, 6) is 0. The van der Waals surface area contributed by atoms with Gasteiger partial charge in [-0.2, -0.15) is 0 Å². The summed E-state index contributed by atoms with van der Waals surface area (Å²) in [5, 5.41) is 0.847. The van der Waals surface area contributed by atoms with Crippen LogP contribution in [-0.4, -0.2) is 0 Å². The van der Waals surface area contributed by atoms with Crippen molar-refractivity contribution in [1.82, 2.24) is 0 Å². The van der Waals surface area contributed by atoms with Gasteiger partial charge in [0.1, 0.15) is 0 Å². The van der Waals surface area contributed by atoms with Crippen LogP contribution >= 0.6 is 11.6 Å². The molecule has 1 aromatic rings. The van der Waals surface area contributed by atoms with Crippen LogP contribution in [0.1, 0.15) is 16.7 Å². The van der Waals surface area contributed by atoms with Gasteiger partial charge in [0.25, 0.3) is 0 Å². The van der Waals surface area contributed by atoms with Crippen LogP contribution in [0.4, 0.5) is 0 Å². The summed E-state index contributed by atoms with van der Waals surface area (Å²) in [5.41, 5.74) is 3.40. The highest BCUT2D eigenvalue weighted by Crippen LogP contribution is 2.21. The molecule has 1 heteroatoms. The first-order chi connectivity index (χ1) is 4.63. The maximum atomic E-state index is 5.95. The minimum absolute atomic E-state index is 0.847. The van der Waals surface area contributed by atoms with Crippen molar-refractivity contribution in [2.75, 3.05) is 0 Å². The second-order valence-corrected chi connectivity index (χ2v) is 2.91. The average Bonchev–Trinajstić information content (AvgIpc) is 1.93. The lowest BCUT2D eigenvalue weighted by Gasteiger charge is -2.03. The highest BCUT2D eigenvalue weighted by Gasteiger charge is 2.00. The number of rotatable bonds is 0. The topological polar surface area (TPSA) is 0 Å². The predicted molar refractivity (Wildman–Crippen MR) is 44.5 cm³/mol. The van der Waals surface area contributed by atoms with Gasteiger partial charge in [-0.15, -0.1) is 0 Å². The van der Waals surface area contributed by atoms with Crippen molar-refractivity contribution in [1.29, 1.82) is 0 Å². The quantitative estimate of drug-likeness (QED) is 0.538. The molecule has 0 aliphatic rings. The number of benzene rings is 1. The Bertz CT molecular complexity index is 224. The lowest BCUT2D eigenvalue weighted by atomic mass is 10.1. The molecule has 0 saturated heterocycles. The van der Waals surface area contributed by atoms with Crippen LogP contribution in [0.5, 0.6) is 0 Å². The van der Waals surface area contributed by atoms with Crippen molar-refractivity contribution in [3.8, 4) is 0 Å². The zero-order valence-electron chi connectivity index (χ0n) is 6.46. The maximum absolute atomic E-state index is 5.95. The van der Waals surface area contributed by atoms with E-state index in [0.717, 1.165) is 16.1 Å². The SMILES string of the molecule is Cc1[c]cc(C)c(C)c1Cl. The summed E-state index contributed by atoms with van der Waals surface area (Å²) < 4.78 is 0. The summed E-state index contributed by atoms with van der Waals surface area (Å²) in [4.78, 5) is 0. The first-order valence-corrected chi connectivity index (χ1v) is 3.64. The molecule has 0 atom stereocenters. The van der Waals surface area contributed by atoms with E-state index < -0.39 is 0 Å². The number of hydrogen-bond acceptors (Lipinski definition) is 0. The van der Waals surface area contributed by atoms with Gasteiger partial charge in [0.2, 0.25) is 0 Å². The summed E-state index contributed by atoms with van der Waals surface area (Å²) in [6, 6.07) is 5.05. The van der Waals surface area contributed by atoms with Gasteiger partial charge in [-0.05, 0) is 43.5 Å². The lowest BCUT2D eigenvalue weighted by molar-refractivity contribution is 1.29. The molecule has 0 aliphatic carbocycles. The van der Waals surface area contributed by atoms with Gasteiger partial charge in [0, 0.05) is 5.02 Å². The van der Waals surface area contributed by atoms with E-state index in [0.29, 0.717) is 0 Å². The fourth-order valence-corrected chi connectivity index (χ4v) is 1.05. The van der Waals surface area contributed by atoms with Gasteiger partial charge in [-0.1, -0.05) is 17.7 Å². The van der Waals surface area contributed by atoms with Crippen molar-refractivity contribution in [2.24, 2.45) is 0 Å². The third-order valence-electron chi connectivity index (χ3n) is 1.76. The van der Waals surface area contributed by atoms with Crippen molar-refractivity contribution in [3.05, 3.63) is 33.8 Å². The van der Waals surface area contributed by atoms with Crippen molar-refractivity contribution < 1.29 is 0 Å². The van der Waals surface area contributed by atoms with Gasteiger partial charge in [-0.3, -0.25) is 0 Å². The Balaban J connectivity index is 3.34. The molecule has 0 aliphatic heterocycles. The molecule has 1 rings (SSSR count). The van der Waals surface area contributed by atoms with E-state index in [1.807, 2.05) is 26.8 Å². The zero-order chi connectivity index (χ0) is 7.72. The van der Waals surface area contributed by atoms with Crippen molar-refractivity contribution in [3.63, 3.8) is 0 Å². The zero-order valence-corrected chi connectivity index (χ0v) is 7.21. The Labute approximate surface area is 66.8 Å². The largest absolute Gasteiger partial charge is 0.0837 e. The fraction of sp³-hybridized carbons (Fsp3) is 0.333. The van der Waals surface area contributed by atoms with Crippen LogP contribution in [0.25, 0.3) is 0 Å². The van der Waals surface area contributed by atoms with Crippen LogP contribution in [0.15, 0.2) is 6.07 Å². The van der Waals surface area contributed by atoms with E-state index in [2.05, 4.69) is 6.07 Å². The third-order valence-corrected chi connectivity index (χ3v) is 2.32. The Morgan fingerprint density at radius 3 is 2.40 bits per heavy atom. The molecule has 1 aromatic carbocycles. The standard InChI is InChI=1S/C9H10Cl/c1-6-4-5-7(2)9(10)8(6)3/h4H,1-3H3. The molecule has 1 radical (unpaired) electrons. The molecule has 0 heterocycles. The van der Waals surface area contributed by atoms with Crippen molar-refractivity contribution in [2.45, 2.75) is 20.8 Å². The number of halogens is 1. The molecule has 0 spiro atoms. The molecular formula is C9H10Cl. The minimum Gasteiger partial charge on any atom is -0.0837 e. The molecule has 10 heavy (non-hydrogen) atoms. The van der Waals surface area contributed by atoms with Gasteiger partial charge in [-0.25, -0.2) is 0 Å². The van der Waals surface area contributed by atoms with Gasteiger partial charge < -0.3 is 0 Å². The summed E-state index contributed by atoms with van der Waals surface area (Å²) >= 11 is 5.95. The highest BCUT2D eigenvalue weighted by atomic mass is 35.5. The fourth-order valence-electron chi connectivity index (χ4n) is 0.842. The average molecular weight is 154 g/mol. The Kier molecular flexibility index (Phi) is 2.00. The van der Waals surface area contributed by atoms with Crippen LogP contribution < -0.4 is 0 Å². The van der Waals surface area contributed by atoms with E-state index in [1.54, 1.807) is 0 Å². The van der Waals surface area contributed by atoms with E-state index in [1.165, 1.54) is 5.56 Å². The van der Waals surface area contributed by atoms with Crippen LogP contribution in [0.3, 0.4) is 0 Å². The van der Waals surface area contributed by atoms with E-state index >= 15 is 0 Å². The molecule has 0 unspecified atom stereocenters. The van der Waals surface area contributed by atoms with E-state index in [4.69, 9.17) is 11.6 Å². The summed E-state index contributed by atoms with van der Waals surface area (Å²) in [7, 11) is 0. The number of aryl methyl sites for hydroxylation is 2. The van der Waals surface area contributed by atoms with Crippen LogP contribution in [-0.2, 0) is 0 Å². The van der Waals surface area contributed by atoms with Gasteiger partial charge >= 0.3 is 0 Å². The monoisotopic (exact) mass is 153 g/mol. The molecule has 53 valence electrons. The van der Waals surface area contributed by atoms with E-state index in [-0.39, 0.29) is 0 Å². The normalized spacial score (nSPS) is 10.0.